The minimum absolute atomic E-state index is 0.719. The Morgan fingerprint density at radius 2 is 1.56 bits per heavy atom. The third-order valence-electron chi connectivity index (χ3n) is 5.11. The molecule has 0 aliphatic carbocycles. The molecule has 0 saturated carbocycles. The van der Waals surface area contributed by atoms with Crippen LogP contribution in [0.2, 0.25) is 0 Å². The second-order valence-electron chi connectivity index (χ2n) is 6.59. The smallest absolute Gasteiger partial charge is 0.247 e. The van der Waals surface area contributed by atoms with Crippen LogP contribution in [-0.2, 0) is 19.4 Å². The fraction of sp³-hybridized carbons (Fsp3) is 0.250. The fourth-order valence-corrected chi connectivity index (χ4v) is 3.79. The Bertz CT molecular complexity index is 923. The van der Waals surface area contributed by atoms with Crippen molar-refractivity contribution in [3.8, 4) is 0 Å². The van der Waals surface area contributed by atoms with Gasteiger partial charge in [-0.15, -0.1) is 5.10 Å². The van der Waals surface area contributed by atoms with E-state index in [1.807, 2.05) is 0 Å². The summed E-state index contributed by atoms with van der Waals surface area (Å²) in [7, 11) is 0. The maximum absolute atomic E-state index is 4.83. The fourth-order valence-electron chi connectivity index (χ4n) is 3.79. The van der Waals surface area contributed by atoms with Crippen molar-refractivity contribution in [2.75, 3.05) is 22.9 Å². The van der Waals surface area contributed by atoms with Gasteiger partial charge in [0.25, 0.3) is 0 Å². The average Bonchev–Trinajstić information content (AvgIpc) is 3.12. The van der Waals surface area contributed by atoms with E-state index in [1.165, 1.54) is 22.4 Å². The summed E-state index contributed by atoms with van der Waals surface area (Å²) < 4.78 is 0. The lowest BCUT2D eigenvalue weighted by Gasteiger charge is -2.29. The zero-order valence-electron chi connectivity index (χ0n) is 14.0. The number of hydrogen-bond acceptors (Lipinski definition) is 5. The molecule has 25 heavy (non-hydrogen) atoms. The van der Waals surface area contributed by atoms with Gasteiger partial charge in [0.05, 0.1) is 6.20 Å². The molecule has 0 unspecified atom stereocenters. The van der Waals surface area contributed by atoms with E-state index in [2.05, 4.69) is 68.5 Å². The molecule has 3 heterocycles. The van der Waals surface area contributed by atoms with Crippen LogP contribution in [0.15, 0.2) is 54.7 Å². The Balaban J connectivity index is 1.45. The third kappa shape index (κ3) is 2.52. The molecule has 0 N–H and O–H groups in total. The number of nitrogens with zero attached hydrogens (tertiary/aromatic N) is 5. The Hall–Kier alpha value is -2.95. The molecular weight excluding hydrogens is 310 g/mol. The molecule has 0 atom stereocenters. The van der Waals surface area contributed by atoms with E-state index in [0.717, 1.165) is 44.2 Å². The van der Waals surface area contributed by atoms with Crippen molar-refractivity contribution in [2.24, 2.45) is 0 Å². The van der Waals surface area contributed by atoms with Gasteiger partial charge in [0, 0.05) is 25.3 Å². The molecular formula is C20H19N5. The summed E-state index contributed by atoms with van der Waals surface area (Å²) >= 11 is 0. The van der Waals surface area contributed by atoms with Gasteiger partial charge < -0.3 is 9.80 Å². The van der Waals surface area contributed by atoms with Gasteiger partial charge in [-0.1, -0.05) is 42.5 Å². The van der Waals surface area contributed by atoms with Crippen LogP contribution >= 0.6 is 0 Å². The number of anilines is 3. The molecule has 5 nitrogen and oxygen atoms in total. The maximum Gasteiger partial charge on any atom is 0.247 e. The second kappa shape index (κ2) is 5.84. The Morgan fingerprint density at radius 3 is 2.48 bits per heavy atom. The van der Waals surface area contributed by atoms with Crippen molar-refractivity contribution in [1.82, 2.24) is 15.2 Å². The summed E-state index contributed by atoms with van der Waals surface area (Å²) in [6.07, 6.45) is 3.84. The highest BCUT2D eigenvalue weighted by Gasteiger charge is 2.23. The predicted octanol–water partition coefficient (Wildman–Crippen LogP) is 3.13. The van der Waals surface area contributed by atoms with Gasteiger partial charge in [-0.05, 0) is 35.6 Å². The first-order valence-electron chi connectivity index (χ1n) is 8.75. The highest BCUT2D eigenvalue weighted by Crippen LogP contribution is 2.33. The molecule has 2 aromatic carbocycles. The molecule has 0 spiro atoms. The predicted molar refractivity (Wildman–Crippen MR) is 98.2 cm³/mol. The van der Waals surface area contributed by atoms with Crippen LogP contribution in [0.4, 0.5) is 17.5 Å². The van der Waals surface area contributed by atoms with Crippen molar-refractivity contribution in [3.63, 3.8) is 0 Å². The Kier molecular flexibility index (Phi) is 3.37. The highest BCUT2D eigenvalue weighted by molar-refractivity contribution is 5.67. The summed E-state index contributed by atoms with van der Waals surface area (Å²) in [4.78, 5) is 9.29. The normalized spacial score (nSPS) is 15.8. The molecule has 5 rings (SSSR count). The van der Waals surface area contributed by atoms with Gasteiger partial charge in [-0.2, -0.15) is 10.1 Å². The van der Waals surface area contributed by atoms with Crippen molar-refractivity contribution in [2.45, 2.75) is 19.4 Å². The van der Waals surface area contributed by atoms with Crippen LogP contribution in [0.3, 0.4) is 0 Å². The molecule has 0 fully saturated rings. The van der Waals surface area contributed by atoms with Crippen LogP contribution in [0, 0.1) is 0 Å². The van der Waals surface area contributed by atoms with Gasteiger partial charge in [0.2, 0.25) is 5.95 Å². The highest BCUT2D eigenvalue weighted by atomic mass is 15.4. The van der Waals surface area contributed by atoms with Crippen molar-refractivity contribution in [1.29, 1.82) is 0 Å². The minimum atomic E-state index is 0.719. The van der Waals surface area contributed by atoms with E-state index in [9.17, 15) is 0 Å². The van der Waals surface area contributed by atoms with Crippen molar-refractivity contribution >= 4 is 17.5 Å². The minimum Gasteiger partial charge on any atom is -0.335 e. The van der Waals surface area contributed by atoms with Crippen LogP contribution in [0.5, 0.6) is 0 Å². The summed E-state index contributed by atoms with van der Waals surface area (Å²) in [5.41, 5.74) is 5.39. The standard InChI is InChI=1S/C20H19N5/c1-2-7-17-14-24(11-9-15(17)5-1)20-22-19(13-21-23-20)25-12-10-16-6-3-4-8-18(16)25/h1-8,13H,9-12,14H2. The molecule has 124 valence electrons. The molecule has 0 bridgehead atoms. The van der Waals surface area contributed by atoms with Crippen molar-refractivity contribution < 1.29 is 0 Å². The zero-order chi connectivity index (χ0) is 16.6. The second-order valence-corrected chi connectivity index (χ2v) is 6.59. The molecule has 5 heteroatoms. The largest absolute Gasteiger partial charge is 0.335 e. The van der Waals surface area contributed by atoms with Gasteiger partial charge in [0.1, 0.15) is 0 Å². The number of benzene rings is 2. The molecule has 0 amide bonds. The first-order chi connectivity index (χ1) is 12.4. The molecule has 2 aliphatic heterocycles. The Morgan fingerprint density at radius 1 is 0.800 bits per heavy atom. The van der Waals surface area contributed by atoms with Gasteiger partial charge in [-0.3, -0.25) is 0 Å². The molecule has 2 aliphatic rings. The summed E-state index contributed by atoms with van der Waals surface area (Å²) in [6.45, 7) is 2.72. The summed E-state index contributed by atoms with van der Waals surface area (Å²) in [5, 5.41) is 8.54. The molecule has 0 saturated heterocycles. The lowest BCUT2D eigenvalue weighted by Crippen LogP contribution is -2.32. The van der Waals surface area contributed by atoms with Crippen LogP contribution in [0.1, 0.15) is 16.7 Å². The van der Waals surface area contributed by atoms with Crippen molar-refractivity contribution in [3.05, 3.63) is 71.4 Å². The van der Waals surface area contributed by atoms with Gasteiger partial charge in [0.15, 0.2) is 5.82 Å². The molecule has 0 radical (unpaired) electrons. The molecule has 1 aromatic heterocycles. The lowest BCUT2D eigenvalue weighted by molar-refractivity contribution is 0.696. The van der Waals surface area contributed by atoms with E-state index in [-0.39, 0.29) is 0 Å². The monoisotopic (exact) mass is 329 g/mol. The zero-order valence-corrected chi connectivity index (χ0v) is 14.0. The number of para-hydroxylation sites is 1. The topological polar surface area (TPSA) is 45.2 Å². The number of hydrogen-bond donors (Lipinski definition) is 0. The van der Waals surface area contributed by atoms with Gasteiger partial charge >= 0.3 is 0 Å². The first kappa shape index (κ1) is 14.4. The van der Waals surface area contributed by atoms with Crippen LogP contribution in [0.25, 0.3) is 0 Å². The number of rotatable bonds is 2. The average molecular weight is 329 g/mol. The SMILES string of the molecule is c1ccc2c(c1)CCN(c1nncc(N3CCc4ccccc43)n1)C2. The van der Waals surface area contributed by atoms with E-state index >= 15 is 0 Å². The molecule has 3 aromatic rings. The number of fused-ring (bicyclic) bond motifs is 2. The quantitative estimate of drug-likeness (QED) is 0.723. The first-order valence-corrected chi connectivity index (χ1v) is 8.75. The van der Waals surface area contributed by atoms with E-state index in [1.54, 1.807) is 6.20 Å². The third-order valence-corrected chi connectivity index (χ3v) is 5.11. The van der Waals surface area contributed by atoms with E-state index < -0.39 is 0 Å². The van der Waals surface area contributed by atoms with Crippen LogP contribution in [-0.4, -0.2) is 28.3 Å². The summed E-state index contributed by atoms with van der Waals surface area (Å²) in [6, 6.07) is 17.1. The van der Waals surface area contributed by atoms with Crippen LogP contribution < -0.4 is 9.80 Å². The summed E-state index contributed by atoms with van der Waals surface area (Å²) in [5.74, 6) is 1.60. The maximum atomic E-state index is 4.83. The van der Waals surface area contributed by atoms with E-state index in [4.69, 9.17) is 4.98 Å². The lowest BCUT2D eigenvalue weighted by atomic mass is 10.0. The van der Waals surface area contributed by atoms with E-state index in [0.29, 0.717) is 0 Å². The van der Waals surface area contributed by atoms with Gasteiger partial charge in [-0.25, -0.2) is 0 Å². The Labute approximate surface area is 147 Å². The number of aromatic nitrogens is 3.